The minimum atomic E-state index is -0.572. The lowest BCUT2D eigenvalue weighted by Crippen LogP contribution is -2.19. The highest BCUT2D eigenvalue weighted by Gasteiger charge is 2.12. The van der Waals surface area contributed by atoms with Crippen LogP contribution >= 0.6 is 0 Å². The monoisotopic (exact) mass is 255 g/mol. The molecule has 1 atom stereocenters. The van der Waals surface area contributed by atoms with Gasteiger partial charge in [0.2, 0.25) is 0 Å². The molecule has 4 nitrogen and oxygen atoms in total. The number of ether oxygens (including phenoxy) is 1. The van der Waals surface area contributed by atoms with E-state index < -0.39 is 11.9 Å². The van der Waals surface area contributed by atoms with Crippen LogP contribution in [0.15, 0.2) is 18.2 Å². The molecule has 100 valence electrons. The van der Waals surface area contributed by atoms with E-state index in [0.29, 0.717) is 18.7 Å². The van der Waals surface area contributed by atoms with Crippen LogP contribution in [0.5, 0.6) is 0 Å². The Bertz CT molecular complexity index is 409. The van der Waals surface area contributed by atoms with Gasteiger partial charge in [0.05, 0.1) is 18.3 Å². The fourth-order valence-corrected chi connectivity index (χ4v) is 1.68. The van der Waals surface area contributed by atoms with E-state index >= 15 is 0 Å². The van der Waals surface area contributed by atoms with Gasteiger partial charge in [0.15, 0.2) is 5.78 Å². The number of rotatable bonds is 7. The third-order valence-corrected chi connectivity index (χ3v) is 2.52. The number of aliphatic hydroxyl groups excluding tert-OH is 1. The summed E-state index contributed by atoms with van der Waals surface area (Å²) in [4.78, 5) is 11.3. The number of halogens is 1. The zero-order chi connectivity index (χ0) is 13.5. The lowest BCUT2D eigenvalue weighted by atomic mass is 10.1. The van der Waals surface area contributed by atoms with Crippen LogP contribution in [0.3, 0.4) is 0 Å². The van der Waals surface area contributed by atoms with Crippen molar-refractivity contribution in [2.45, 2.75) is 19.4 Å². The topological polar surface area (TPSA) is 58.6 Å². The van der Waals surface area contributed by atoms with Gasteiger partial charge in [-0.15, -0.1) is 0 Å². The lowest BCUT2D eigenvalue weighted by molar-refractivity contribution is 0.0615. The number of hydrogen-bond donors (Lipinski definition) is 2. The molecule has 0 radical (unpaired) electrons. The zero-order valence-corrected chi connectivity index (χ0v) is 10.6. The van der Waals surface area contributed by atoms with Crippen molar-refractivity contribution in [3.05, 3.63) is 29.6 Å². The van der Waals surface area contributed by atoms with E-state index in [1.807, 2.05) is 0 Å². The second-order valence-electron chi connectivity index (χ2n) is 4.04. The van der Waals surface area contributed by atoms with Crippen molar-refractivity contribution >= 4 is 11.5 Å². The highest BCUT2D eigenvalue weighted by atomic mass is 19.1. The van der Waals surface area contributed by atoms with Crippen LogP contribution in [0, 0.1) is 5.82 Å². The van der Waals surface area contributed by atoms with E-state index in [-0.39, 0.29) is 18.0 Å². The summed E-state index contributed by atoms with van der Waals surface area (Å²) in [6.45, 7) is 2.02. The van der Waals surface area contributed by atoms with Crippen molar-refractivity contribution in [2.24, 2.45) is 0 Å². The average Bonchev–Trinajstić information content (AvgIpc) is 2.28. The van der Waals surface area contributed by atoms with Gasteiger partial charge in [0.1, 0.15) is 5.82 Å². The Hall–Kier alpha value is -1.46. The number of aliphatic hydroxyl groups is 1. The van der Waals surface area contributed by atoms with E-state index in [1.54, 1.807) is 6.07 Å². The molecule has 0 amide bonds. The molecule has 5 heteroatoms. The minimum Gasteiger partial charge on any atom is -0.391 e. The first-order valence-electron chi connectivity index (χ1n) is 5.76. The van der Waals surface area contributed by atoms with Crippen molar-refractivity contribution in [3.63, 3.8) is 0 Å². The van der Waals surface area contributed by atoms with Gasteiger partial charge in [-0.2, -0.15) is 0 Å². The van der Waals surface area contributed by atoms with E-state index in [0.717, 1.165) is 0 Å². The summed E-state index contributed by atoms with van der Waals surface area (Å²) in [5, 5.41) is 12.4. The Kier molecular flexibility index (Phi) is 5.74. The molecule has 0 saturated carbocycles. The first kappa shape index (κ1) is 14.6. The molecular formula is C13H18FNO3. The maximum absolute atomic E-state index is 13.5. The number of anilines is 1. The molecule has 0 saturated heterocycles. The molecule has 0 bridgehead atoms. The molecule has 0 aliphatic rings. The van der Waals surface area contributed by atoms with Gasteiger partial charge in [-0.05, 0) is 25.5 Å². The minimum absolute atomic E-state index is 0.0544. The molecule has 2 N–H and O–H groups in total. The zero-order valence-electron chi connectivity index (χ0n) is 10.6. The van der Waals surface area contributed by atoms with Crippen LogP contribution in [0.4, 0.5) is 10.1 Å². The number of carbonyl (C=O) groups excluding carboxylic acids is 1. The Morgan fingerprint density at radius 3 is 2.89 bits per heavy atom. The maximum Gasteiger partial charge on any atom is 0.164 e. The predicted molar refractivity (Wildman–Crippen MR) is 67.4 cm³/mol. The van der Waals surface area contributed by atoms with Gasteiger partial charge < -0.3 is 15.2 Å². The first-order valence-corrected chi connectivity index (χ1v) is 5.76. The van der Waals surface area contributed by atoms with Crippen LogP contribution in [0.1, 0.15) is 23.7 Å². The number of Topliss-reactive ketones (excluding diaryl/α,β-unsaturated/α-hetero) is 1. The number of nitrogens with one attached hydrogen (secondary N) is 1. The van der Waals surface area contributed by atoms with Gasteiger partial charge >= 0.3 is 0 Å². The van der Waals surface area contributed by atoms with Gasteiger partial charge in [-0.1, -0.05) is 6.07 Å². The summed E-state index contributed by atoms with van der Waals surface area (Å²) < 4.78 is 18.3. The van der Waals surface area contributed by atoms with Gasteiger partial charge in [-0.25, -0.2) is 4.39 Å². The molecule has 0 aliphatic carbocycles. The largest absolute Gasteiger partial charge is 0.391 e. The second kappa shape index (κ2) is 7.08. The van der Waals surface area contributed by atoms with Crippen molar-refractivity contribution in [1.29, 1.82) is 0 Å². The molecule has 1 aromatic carbocycles. The normalized spacial score (nSPS) is 12.2. The van der Waals surface area contributed by atoms with Crippen molar-refractivity contribution in [2.75, 3.05) is 25.6 Å². The van der Waals surface area contributed by atoms with Crippen molar-refractivity contribution < 1.29 is 19.0 Å². The molecule has 0 aliphatic heterocycles. The van der Waals surface area contributed by atoms with E-state index in [4.69, 9.17) is 4.74 Å². The molecular weight excluding hydrogens is 237 g/mol. The SMILES string of the molecule is COCC(O)CCNc1cccc(F)c1C(C)=O. The Morgan fingerprint density at radius 1 is 1.56 bits per heavy atom. The second-order valence-corrected chi connectivity index (χ2v) is 4.04. The van der Waals surface area contributed by atoms with Gasteiger partial charge in [0, 0.05) is 19.3 Å². The van der Waals surface area contributed by atoms with Crippen molar-refractivity contribution in [1.82, 2.24) is 0 Å². The van der Waals surface area contributed by atoms with Crippen molar-refractivity contribution in [3.8, 4) is 0 Å². The molecule has 0 fully saturated rings. The molecule has 1 aromatic rings. The van der Waals surface area contributed by atoms with E-state index in [9.17, 15) is 14.3 Å². The molecule has 0 spiro atoms. The molecule has 1 rings (SSSR count). The average molecular weight is 255 g/mol. The smallest absolute Gasteiger partial charge is 0.164 e. The lowest BCUT2D eigenvalue weighted by Gasteiger charge is -2.13. The summed E-state index contributed by atoms with van der Waals surface area (Å²) in [6, 6.07) is 4.43. The molecule has 1 unspecified atom stereocenters. The van der Waals surface area contributed by atoms with Gasteiger partial charge in [0.25, 0.3) is 0 Å². The van der Waals surface area contributed by atoms with Crippen LogP contribution in [-0.2, 0) is 4.74 Å². The quantitative estimate of drug-likeness (QED) is 0.730. The Labute approximate surface area is 106 Å². The maximum atomic E-state index is 13.5. The first-order chi connectivity index (χ1) is 8.56. The Morgan fingerprint density at radius 2 is 2.28 bits per heavy atom. The summed E-state index contributed by atoms with van der Waals surface area (Å²) in [7, 11) is 1.51. The molecule has 18 heavy (non-hydrogen) atoms. The fourth-order valence-electron chi connectivity index (χ4n) is 1.68. The number of methoxy groups -OCH3 is 1. The van der Waals surface area contributed by atoms with E-state index in [1.165, 1.54) is 26.2 Å². The Balaban J connectivity index is 2.62. The summed E-state index contributed by atoms with van der Waals surface area (Å²) >= 11 is 0. The molecule has 0 aromatic heterocycles. The number of benzene rings is 1. The molecule has 0 heterocycles. The fraction of sp³-hybridized carbons (Fsp3) is 0.462. The third kappa shape index (κ3) is 4.09. The predicted octanol–water partition coefficient (Wildman–Crippen LogP) is 1.84. The summed E-state index contributed by atoms with van der Waals surface area (Å²) in [6.07, 6.45) is -0.112. The summed E-state index contributed by atoms with van der Waals surface area (Å²) in [5.74, 6) is -0.863. The number of carbonyl (C=O) groups is 1. The van der Waals surface area contributed by atoms with Gasteiger partial charge in [-0.3, -0.25) is 4.79 Å². The van der Waals surface area contributed by atoms with Crippen LogP contribution in [0.25, 0.3) is 0 Å². The number of ketones is 1. The number of hydrogen-bond acceptors (Lipinski definition) is 4. The highest BCUT2D eigenvalue weighted by Crippen LogP contribution is 2.19. The van der Waals surface area contributed by atoms with Crippen LogP contribution < -0.4 is 5.32 Å². The van der Waals surface area contributed by atoms with E-state index in [2.05, 4.69) is 5.32 Å². The summed E-state index contributed by atoms with van der Waals surface area (Å²) in [5.41, 5.74) is 0.505. The van der Waals surface area contributed by atoms with Crippen LogP contribution in [-0.4, -0.2) is 37.3 Å². The van der Waals surface area contributed by atoms with Crippen LogP contribution in [0.2, 0.25) is 0 Å². The standard InChI is InChI=1S/C13H18FNO3/c1-9(16)13-11(14)4-3-5-12(13)15-7-6-10(17)8-18-2/h3-5,10,15,17H,6-8H2,1-2H3. The highest BCUT2D eigenvalue weighted by molar-refractivity contribution is 5.99. The third-order valence-electron chi connectivity index (χ3n) is 2.52.